The molecule has 27 heavy (non-hydrogen) atoms. The summed E-state index contributed by atoms with van der Waals surface area (Å²) < 4.78 is 5.03. The molecule has 3 aliphatic rings. The van der Waals surface area contributed by atoms with E-state index in [1.165, 1.54) is 6.20 Å². The first-order valence-corrected chi connectivity index (χ1v) is 10.2. The highest BCUT2D eigenvalue weighted by atomic mass is 16.5. The molecule has 2 amide bonds. The number of hydrogen-bond acceptors (Lipinski definition) is 5. The van der Waals surface area contributed by atoms with Gasteiger partial charge >= 0.3 is 0 Å². The van der Waals surface area contributed by atoms with E-state index in [4.69, 9.17) is 4.52 Å². The molecule has 3 fully saturated rings. The summed E-state index contributed by atoms with van der Waals surface area (Å²) in [4.78, 5) is 32.2. The van der Waals surface area contributed by atoms with Crippen LogP contribution in [0.1, 0.15) is 44.2 Å². The lowest BCUT2D eigenvalue weighted by Gasteiger charge is -2.47. The second-order valence-electron chi connectivity index (χ2n) is 8.68. The van der Waals surface area contributed by atoms with Crippen molar-refractivity contribution in [3.63, 3.8) is 0 Å². The van der Waals surface area contributed by atoms with E-state index in [1.54, 1.807) is 6.07 Å². The van der Waals surface area contributed by atoms with Gasteiger partial charge in [-0.25, -0.2) is 0 Å². The topological polar surface area (TPSA) is 69.9 Å². The van der Waals surface area contributed by atoms with Crippen molar-refractivity contribution in [3.8, 4) is 0 Å². The number of likely N-dealkylation sites (tertiary alicyclic amines) is 3. The van der Waals surface area contributed by atoms with Crippen molar-refractivity contribution in [1.82, 2.24) is 19.9 Å². The van der Waals surface area contributed by atoms with Gasteiger partial charge in [0.25, 0.3) is 5.91 Å². The van der Waals surface area contributed by atoms with Crippen molar-refractivity contribution in [2.24, 2.45) is 17.8 Å². The quantitative estimate of drug-likeness (QED) is 0.803. The zero-order valence-electron chi connectivity index (χ0n) is 16.6. The summed E-state index contributed by atoms with van der Waals surface area (Å²) in [5.41, 5.74) is -0.0968. The Bertz CT molecular complexity index is 694. The first-order valence-electron chi connectivity index (χ1n) is 10.2. The lowest BCUT2D eigenvalue weighted by atomic mass is 9.75. The highest BCUT2D eigenvalue weighted by molar-refractivity contribution is 5.91. The summed E-state index contributed by atoms with van der Waals surface area (Å²) in [7, 11) is 0. The Hall–Kier alpha value is -1.89. The fraction of sp³-hybridized carbons (Fsp3) is 0.750. The normalized spacial score (nSPS) is 27.8. The Morgan fingerprint density at radius 2 is 2.07 bits per heavy atom. The summed E-state index contributed by atoms with van der Waals surface area (Å²) in [5, 5.41) is 3.64. The number of carbonyl (C=O) groups is 2. The third-order valence-electron chi connectivity index (χ3n) is 6.71. The van der Waals surface area contributed by atoms with Gasteiger partial charge in [0.05, 0.1) is 17.7 Å². The molecule has 1 aromatic rings. The molecule has 0 saturated carbocycles. The second-order valence-corrected chi connectivity index (χ2v) is 8.68. The van der Waals surface area contributed by atoms with Gasteiger partial charge < -0.3 is 19.2 Å². The standard InChI is InChI=1S/C20H30N4O3/c1-4-24-18(25)15-12-22(11-14(2)3)13-16(15)20(24)6-9-23(10-7-20)19(26)17-5-8-21-27-17/h5,8,14-16H,4,6-7,9-13H2,1-3H3/t15-,16+/m1/s1. The van der Waals surface area contributed by atoms with Gasteiger partial charge in [-0.2, -0.15) is 0 Å². The number of nitrogens with zero attached hydrogens (tertiary/aromatic N) is 4. The molecule has 0 unspecified atom stereocenters. The van der Waals surface area contributed by atoms with Gasteiger partial charge in [-0.3, -0.25) is 9.59 Å². The van der Waals surface area contributed by atoms with E-state index in [0.717, 1.165) is 39.0 Å². The third-order valence-corrected chi connectivity index (χ3v) is 6.71. The van der Waals surface area contributed by atoms with Crippen LogP contribution in [-0.4, -0.2) is 76.5 Å². The summed E-state index contributed by atoms with van der Waals surface area (Å²) >= 11 is 0. The van der Waals surface area contributed by atoms with Crippen molar-refractivity contribution < 1.29 is 14.1 Å². The van der Waals surface area contributed by atoms with Crippen LogP contribution in [-0.2, 0) is 4.79 Å². The average molecular weight is 374 g/mol. The fourth-order valence-electron chi connectivity index (χ4n) is 5.66. The van der Waals surface area contributed by atoms with E-state index in [-0.39, 0.29) is 17.4 Å². The van der Waals surface area contributed by atoms with Crippen LogP contribution in [0.2, 0.25) is 0 Å². The maximum absolute atomic E-state index is 13.1. The minimum absolute atomic E-state index is 0.0968. The number of carbonyl (C=O) groups excluding carboxylic acids is 2. The fourth-order valence-corrected chi connectivity index (χ4v) is 5.66. The first-order chi connectivity index (χ1) is 13.0. The summed E-state index contributed by atoms with van der Waals surface area (Å²) in [6.07, 6.45) is 3.20. The Morgan fingerprint density at radius 3 is 2.67 bits per heavy atom. The van der Waals surface area contributed by atoms with Crippen molar-refractivity contribution in [2.45, 2.75) is 39.2 Å². The summed E-state index contributed by atoms with van der Waals surface area (Å²) in [5.74, 6) is 1.63. The maximum atomic E-state index is 13.1. The number of fused-ring (bicyclic) bond motifs is 2. The van der Waals surface area contributed by atoms with Crippen LogP contribution >= 0.6 is 0 Å². The second kappa shape index (κ2) is 6.93. The van der Waals surface area contributed by atoms with Crippen LogP contribution < -0.4 is 0 Å². The molecule has 0 aliphatic carbocycles. The Balaban J connectivity index is 1.51. The van der Waals surface area contributed by atoms with Crippen LogP contribution in [0.5, 0.6) is 0 Å². The molecule has 7 heteroatoms. The van der Waals surface area contributed by atoms with Crippen LogP contribution in [0.15, 0.2) is 16.8 Å². The molecule has 4 rings (SSSR count). The largest absolute Gasteiger partial charge is 0.351 e. The van der Waals surface area contributed by atoms with Crippen molar-refractivity contribution in [1.29, 1.82) is 0 Å². The smallest absolute Gasteiger partial charge is 0.292 e. The lowest BCUT2D eigenvalue weighted by molar-refractivity contribution is -0.135. The number of hydrogen-bond donors (Lipinski definition) is 0. The Labute approximate surface area is 160 Å². The number of aromatic nitrogens is 1. The molecule has 1 spiro atoms. The maximum Gasteiger partial charge on any atom is 0.292 e. The van der Waals surface area contributed by atoms with Crippen LogP contribution in [0.25, 0.3) is 0 Å². The van der Waals surface area contributed by atoms with E-state index < -0.39 is 0 Å². The van der Waals surface area contributed by atoms with Crippen molar-refractivity contribution >= 4 is 11.8 Å². The van der Waals surface area contributed by atoms with Gasteiger partial charge in [0, 0.05) is 51.3 Å². The summed E-state index contributed by atoms with van der Waals surface area (Å²) in [6.45, 7) is 11.6. The third kappa shape index (κ3) is 2.96. The summed E-state index contributed by atoms with van der Waals surface area (Å²) in [6, 6.07) is 1.61. The molecule has 0 radical (unpaired) electrons. The zero-order valence-corrected chi connectivity index (χ0v) is 16.6. The van der Waals surface area contributed by atoms with E-state index >= 15 is 0 Å². The molecular weight excluding hydrogens is 344 g/mol. The van der Waals surface area contributed by atoms with Gasteiger partial charge in [-0.15, -0.1) is 0 Å². The molecule has 3 saturated heterocycles. The molecule has 4 heterocycles. The van der Waals surface area contributed by atoms with E-state index in [9.17, 15) is 9.59 Å². The minimum Gasteiger partial charge on any atom is -0.351 e. The predicted octanol–water partition coefficient (Wildman–Crippen LogP) is 1.72. The van der Waals surface area contributed by atoms with E-state index in [2.05, 4.69) is 35.7 Å². The first kappa shape index (κ1) is 18.5. The highest BCUT2D eigenvalue weighted by Crippen LogP contribution is 2.49. The molecule has 3 aliphatic heterocycles. The van der Waals surface area contributed by atoms with Crippen LogP contribution in [0.3, 0.4) is 0 Å². The predicted molar refractivity (Wildman–Crippen MR) is 100 cm³/mol. The monoisotopic (exact) mass is 374 g/mol. The van der Waals surface area contributed by atoms with Crippen molar-refractivity contribution in [3.05, 3.63) is 18.0 Å². The van der Waals surface area contributed by atoms with Crippen molar-refractivity contribution in [2.75, 3.05) is 39.3 Å². The molecule has 1 aromatic heterocycles. The Morgan fingerprint density at radius 1 is 1.33 bits per heavy atom. The molecule has 0 bridgehead atoms. The zero-order chi connectivity index (χ0) is 19.2. The minimum atomic E-state index is -0.0980. The SMILES string of the molecule is CCN1C(=O)[C@@H]2CN(CC(C)C)C[C@@H]2C12CCN(C(=O)c1ccno1)CC2. The molecule has 0 N–H and O–H groups in total. The van der Waals surface area contributed by atoms with E-state index in [0.29, 0.717) is 36.6 Å². The lowest BCUT2D eigenvalue weighted by Crippen LogP contribution is -2.57. The van der Waals surface area contributed by atoms with Gasteiger partial charge in [0.2, 0.25) is 11.7 Å². The number of rotatable bonds is 4. The molecule has 148 valence electrons. The van der Waals surface area contributed by atoms with Crippen LogP contribution in [0.4, 0.5) is 0 Å². The molecule has 7 nitrogen and oxygen atoms in total. The van der Waals surface area contributed by atoms with Gasteiger partial charge in [0.15, 0.2) is 0 Å². The van der Waals surface area contributed by atoms with Gasteiger partial charge in [0.1, 0.15) is 0 Å². The van der Waals surface area contributed by atoms with E-state index in [1.807, 2.05) is 4.90 Å². The molecular formula is C20H30N4O3. The van der Waals surface area contributed by atoms with Crippen LogP contribution in [0, 0.1) is 17.8 Å². The Kier molecular flexibility index (Phi) is 4.74. The highest BCUT2D eigenvalue weighted by Gasteiger charge is 2.61. The molecule has 0 aromatic carbocycles. The van der Waals surface area contributed by atoms with Gasteiger partial charge in [-0.05, 0) is 25.7 Å². The van der Waals surface area contributed by atoms with Gasteiger partial charge in [-0.1, -0.05) is 19.0 Å². The number of amides is 2. The molecule has 2 atom stereocenters. The number of piperidine rings is 1. The average Bonchev–Trinajstić information content (AvgIpc) is 3.34.